The molecule has 6 heteroatoms. The highest BCUT2D eigenvalue weighted by Crippen LogP contribution is 2.34. The van der Waals surface area contributed by atoms with E-state index in [1.54, 1.807) is 7.11 Å². The second-order valence-electron chi connectivity index (χ2n) is 8.47. The molecule has 0 aromatic heterocycles. The fourth-order valence-corrected chi connectivity index (χ4v) is 6.65. The molecular formula is C27H32O5Si. The average molecular weight is 465 g/mol. The number of ether oxygens (including phenoxy) is 1. The van der Waals surface area contributed by atoms with Crippen LogP contribution in [-0.4, -0.2) is 33.2 Å². The Balaban J connectivity index is 1.45. The fraction of sp³-hybridized carbons (Fsp3) is 0.333. The Morgan fingerprint density at radius 1 is 0.758 bits per heavy atom. The number of rotatable bonds is 10. The van der Waals surface area contributed by atoms with Gasteiger partial charge in [-0.25, -0.2) is 0 Å². The maximum Gasteiger partial charge on any atom is 0.631 e. The predicted octanol–water partition coefficient (Wildman–Crippen LogP) is 5.73. The van der Waals surface area contributed by atoms with E-state index in [2.05, 4.69) is 0 Å². The van der Waals surface area contributed by atoms with Gasteiger partial charge in [-0.15, -0.1) is 0 Å². The molecule has 1 fully saturated rings. The highest BCUT2D eigenvalue weighted by molar-refractivity contribution is 6.62. The maximum absolute atomic E-state index is 10.5. The molecule has 0 saturated heterocycles. The van der Waals surface area contributed by atoms with Crippen LogP contribution in [0.25, 0.3) is 0 Å². The molecule has 0 bridgehead atoms. The number of hydrogen-bond acceptors (Lipinski definition) is 5. The van der Waals surface area contributed by atoms with E-state index >= 15 is 0 Å². The van der Waals surface area contributed by atoms with Gasteiger partial charge in [-0.1, -0.05) is 54.6 Å². The quantitative estimate of drug-likeness (QED) is 0.389. The molecule has 3 unspecified atom stereocenters. The molecule has 1 saturated carbocycles. The molecule has 1 N–H and O–H groups in total. The van der Waals surface area contributed by atoms with Gasteiger partial charge in [0.1, 0.15) is 23.4 Å². The number of benzene rings is 3. The number of hydrogen-bond donors (Lipinski definition) is 1. The Bertz CT molecular complexity index is 913. The minimum atomic E-state index is -3.05. The van der Waals surface area contributed by atoms with Crippen LogP contribution in [-0.2, 0) is 4.43 Å². The monoisotopic (exact) mass is 464 g/mol. The summed E-state index contributed by atoms with van der Waals surface area (Å²) < 4.78 is 24.9. The third kappa shape index (κ3) is 6.60. The Morgan fingerprint density at radius 2 is 1.27 bits per heavy atom. The Morgan fingerprint density at radius 3 is 1.79 bits per heavy atom. The average Bonchev–Trinajstić information content (AvgIpc) is 2.86. The lowest BCUT2D eigenvalue weighted by Crippen LogP contribution is -2.51. The van der Waals surface area contributed by atoms with Gasteiger partial charge in [-0.2, -0.15) is 0 Å². The first-order valence-electron chi connectivity index (χ1n) is 11.6. The van der Waals surface area contributed by atoms with E-state index in [0.717, 1.165) is 42.9 Å². The van der Waals surface area contributed by atoms with Crippen LogP contribution in [0.1, 0.15) is 25.7 Å². The normalized spacial score (nSPS) is 20.7. The molecule has 1 aliphatic rings. The summed E-state index contributed by atoms with van der Waals surface area (Å²) in [5, 5.41) is 10.5. The van der Waals surface area contributed by atoms with E-state index < -0.39 is 14.9 Å². The van der Waals surface area contributed by atoms with Crippen molar-refractivity contribution in [3.8, 4) is 17.2 Å². The van der Waals surface area contributed by atoms with E-state index in [4.69, 9.17) is 18.0 Å². The summed E-state index contributed by atoms with van der Waals surface area (Å²) in [6.07, 6.45) is 2.67. The highest BCUT2D eigenvalue weighted by atomic mass is 28.4. The van der Waals surface area contributed by atoms with Crippen LogP contribution in [0.15, 0.2) is 91.0 Å². The van der Waals surface area contributed by atoms with Crippen molar-refractivity contribution in [2.45, 2.75) is 43.9 Å². The minimum Gasteiger partial charge on any atom is -0.492 e. The van der Waals surface area contributed by atoms with Crippen molar-refractivity contribution in [3.05, 3.63) is 91.0 Å². The zero-order chi connectivity index (χ0) is 22.9. The smallest absolute Gasteiger partial charge is 0.492 e. The van der Waals surface area contributed by atoms with Gasteiger partial charge in [0.25, 0.3) is 0 Å². The Hall–Kier alpha value is -2.80. The molecule has 3 aromatic carbocycles. The summed E-state index contributed by atoms with van der Waals surface area (Å²) in [5.41, 5.74) is 0. The highest BCUT2D eigenvalue weighted by Gasteiger charge is 2.46. The lowest BCUT2D eigenvalue weighted by Gasteiger charge is -2.35. The van der Waals surface area contributed by atoms with Crippen molar-refractivity contribution in [2.24, 2.45) is 5.92 Å². The molecule has 0 radical (unpaired) electrons. The molecule has 0 amide bonds. The van der Waals surface area contributed by atoms with E-state index in [1.807, 2.05) is 91.0 Å². The van der Waals surface area contributed by atoms with E-state index in [9.17, 15) is 5.11 Å². The number of aliphatic hydroxyl groups is 1. The summed E-state index contributed by atoms with van der Waals surface area (Å²) in [6, 6.07) is 29.8. The first kappa shape index (κ1) is 23.4. The summed E-state index contributed by atoms with van der Waals surface area (Å²) in [5.74, 6) is 2.67. The van der Waals surface area contributed by atoms with Crippen LogP contribution < -0.4 is 13.6 Å². The van der Waals surface area contributed by atoms with Gasteiger partial charge in [0.15, 0.2) is 0 Å². The van der Waals surface area contributed by atoms with Gasteiger partial charge in [-0.05, 0) is 68.0 Å². The summed E-state index contributed by atoms with van der Waals surface area (Å²) in [7, 11) is -1.38. The third-order valence-corrected chi connectivity index (χ3v) is 8.72. The van der Waals surface area contributed by atoms with E-state index in [-0.39, 0.29) is 6.10 Å². The second-order valence-corrected chi connectivity index (χ2v) is 11.2. The molecule has 174 valence electrons. The minimum absolute atomic E-state index is 0.213. The van der Waals surface area contributed by atoms with Crippen LogP contribution in [0.3, 0.4) is 0 Å². The third-order valence-electron chi connectivity index (χ3n) is 6.10. The lowest BCUT2D eigenvalue weighted by atomic mass is 9.84. The first-order chi connectivity index (χ1) is 16.2. The van der Waals surface area contributed by atoms with Gasteiger partial charge in [0.2, 0.25) is 0 Å². The van der Waals surface area contributed by atoms with Crippen LogP contribution in [0, 0.1) is 5.92 Å². The Labute approximate surface area is 197 Å². The molecule has 0 aliphatic heterocycles. The van der Waals surface area contributed by atoms with Crippen molar-refractivity contribution in [1.29, 1.82) is 0 Å². The van der Waals surface area contributed by atoms with Gasteiger partial charge < -0.3 is 23.1 Å². The molecule has 0 spiro atoms. The summed E-state index contributed by atoms with van der Waals surface area (Å²) >= 11 is 0. The van der Waals surface area contributed by atoms with Gasteiger partial charge in [0.05, 0.1) is 6.10 Å². The molecule has 3 atom stereocenters. The standard InChI is InChI=1S/C27H32O5Si/c1-29-33(31-24-13-7-3-8-14-24,32-25-15-9-4-10-16-25)20-19-22-17-18-26(28)27(21-22)30-23-11-5-2-6-12-23/h2-16,22,26-28H,17-21H2,1H3. The zero-order valence-corrected chi connectivity index (χ0v) is 20.0. The van der Waals surface area contributed by atoms with Crippen molar-refractivity contribution >= 4 is 8.80 Å². The zero-order valence-electron chi connectivity index (χ0n) is 19.0. The Kier molecular flexibility index (Phi) is 8.04. The molecule has 4 rings (SSSR count). The van der Waals surface area contributed by atoms with E-state index in [0.29, 0.717) is 12.0 Å². The van der Waals surface area contributed by atoms with Gasteiger partial charge in [-0.3, -0.25) is 0 Å². The molecule has 1 aliphatic carbocycles. The van der Waals surface area contributed by atoms with Crippen LogP contribution in [0.5, 0.6) is 17.2 Å². The van der Waals surface area contributed by atoms with Crippen molar-refractivity contribution < 1.29 is 23.1 Å². The topological polar surface area (TPSA) is 57.2 Å². The largest absolute Gasteiger partial charge is 0.631 e. The van der Waals surface area contributed by atoms with Gasteiger partial charge in [0, 0.05) is 13.2 Å². The molecule has 33 heavy (non-hydrogen) atoms. The number of aliphatic hydroxyl groups excluding tert-OH is 1. The lowest BCUT2D eigenvalue weighted by molar-refractivity contribution is -0.0113. The molecule has 5 nitrogen and oxygen atoms in total. The van der Waals surface area contributed by atoms with Crippen LogP contribution in [0.2, 0.25) is 6.04 Å². The molecule has 3 aromatic rings. The van der Waals surface area contributed by atoms with Gasteiger partial charge >= 0.3 is 8.80 Å². The molecular weight excluding hydrogens is 432 g/mol. The maximum atomic E-state index is 10.5. The first-order valence-corrected chi connectivity index (χ1v) is 13.5. The number of para-hydroxylation sites is 3. The van der Waals surface area contributed by atoms with E-state index in [1.165, 1.54) is 0 Å². The fourth-order valence-electron chi connectivity index (χ4n) is 4.28. The summed E-state index contributed by atoms with van der Waals surface area (Å²) in [4.78, 5) is 0. The van der Waals surface area contributed by atoms with Crippen LogP contribution in [0.4, 0.5) is 0 Å². The SMILES string of the molecule is CO[Si](CCC1CCC(O)C(Oc2ccccc2)C1)(Oc1ccccc1)Oc1ccccc1. The second kappa shape index (κ2) is 11.4. The van der Waals surface area contributed by atoms with Crippen molar-refractivity contribution in [1.82, 2.24) is 0 Å². The van der Waals surface area contributed by atoms with Crippen LogP contribution >= 0.6 is 0 Å². The van der Waals surface area contributed by atoms with Crippen molar-refractivity contribution in [3.63, 3.8) is 0 Å². The summed E-state index contributed by atoms with van der Waals surface area (Å²) in [6.45, 7) is 0. The van der Waals surface area contributed by atoms with Crippen molar-refractivity contribution in [2.75, 3.05) is 7.11 Å². The molecule has 0 heterocycles. The predicted molar refractivity (Wildman–Crippen MR) is 131 cm³/mol.